The van der Waals surface area contributed by atoms with E-state index in [0.29, 0.717) is 18.6 Å². The summed E-state index contributed by atoms with van der Waals surface area (Å²) in [6, 6.07) is 0. The first-order valence-corrected chi connectivity index (χ1v) is 12.6. The third kappa shape index (κ3) is 23.4. The third-order valence-corrected chi connectivity index (χ3v) is 2.74. The van der Waals surface area contributed by atoms with Gasteiger partial charge in [0.05, 0.1) is 6.33 Å². The molecule has 0 aliphatic rings. The highest BCUT2D eigenvalue weighted by atomic mass is 31.2. The number of imidazole rings is 1. The van der Waals surface area contributed by atoms with Crippen LogP contribution in [0.2, 0.25) is 0 Å². The van der Waals surface area contributed by atoms with Crippen LogP contribution in [-0.4, -0.2) is 87.0 Å². The van der Waals surface area contributed by atoms with Crippen molar-refractivity contribution < 1.29 is 67.9 Å². The summed E-state index contributed by atoms with van der Waals surface area (Å²) in [7, 11) is -13.9. The van der Waals surface area contributed by atoms with Gasteiger partial charge in [-0.3, -0.25) is 9.78 Å². The second kappa shape index (κ2) is 14.6. The molecule has 20 nitrogen and oxygen atoms in total. The number of aliphatic hydroxyl groups excluding tert-OH is 2. The fraction of sp³-hybridized carbons (Fsp3) is 0.500. The van der Waals surface area contributed by atoms with E-state index in [1.165, 1.54) is 6.33 Å². The first kappa shape index (κ1) is 33.6. The first-order chi connectivity index (χ1) is 14.7. The second-order valence-corrected chi connectivity index (χ2v) is 8.70. The van der Waals surface area contributed by atoms with Gasteiger partial charge in [-0.25, -0.2) is 18.7 Å². The molecule has 0 fully saturated rings. The van der Waals surface area contributed by atoms with Crippen LogP contribution in [0.1, 0.15) is 6.42 Å². The number of aromatic amines is 1. The number of nitrogens with two attached hydrogens (primary N) is 1. The van der Waals surface area contributed by atoms with E-state index in [0.717, 1.165) is 0 Å². The second-order valence-electron chi connectivity index (χ2n) is 5.62. The van der Waals surface area contributed by atoms with Crippen molar-refractivity contribution in [3.05, 3.63) is 16.7 Å². The van der Waals surface area contributed by atoms with Gasteiger partial charge < -0.3 is 64.6 Å². The normalized spacial score (nSPS) is 12.5. The van der Waals surface area contributed by atoms with Crippen molar-refractivity contribution in [3.63, 3.8) is 0 Å². The number of fused-ring (bicyclic) bond motifs is 1. The Hall–Kier alpha value is -1.60. The molecule has 0 amide bonds. The number of anilines is 1. The van der Waals surface area contributed by atoms with Gasteiger partial charge in [0.15, 0.2) is 11.2 Å². The lowest BCUT2D eigenvalue weighted by atomic mass is 10.1. The van der Waals surface area contributed by atoms with Crippen LogP contribution in [0, 0.1) is 5.92 Å². The molecule has 0 aliphatic carbocycles. The maximum atomic E-state index is 11.6. The molecule has 1 atom stereocenters. The molecule has 23 heteroatoms. The molecule has 194 valence electrons. The fourth-order valence-corrected chi connectivity index (χ4v) is 1.81. The first-order valence-electron chi connectivity index (χ1n) is 7.92. The van der Waals surface area contributed by atoms with Crippen LogP contribution >= 0.6 is 23.5 Å². The average Bonchev–Trinajstić information content (AvgIpc) is 2.92. The van der Waals surface area contributed by atoms with E-state index in [4.69, 9.17) is 68.6 Å². The molecule has 0 spiro atoms. The molecular weight excluding hydrogens is 523 g/mol. The van der Waals surface area contributed by atoms with E-state index in [-0.39, 0.29) is 36.2 Å². The summed E-state index contributed by atoms with van der Waals surface area (Å²) in [5.41, 5.74) is 5.68. The minimum absolute atomic E-state index is 0.00595. The summed E-state index contributed by atoms with van der Waals surface area (Å²) in [5, 5.41) is 18.1. The number of nitrogens with one attached hydrogen (secondary N) is 1. The molecule has 0 saturated heterocycles. The number of hydrogen-bond acceptors (Lipinski definition) is 9. The number of nitrogen functional groups attached to an aromatic ring is 1. The molecule has 0 radical (unpaired) electrons. The Kier molecular flexibility index (Phi) is 14.9. The highest BCUT2D eigenvalue weighted by Crippen LogP contribution is 2.26. The van der Waals surface area contributed by atoms with Crippen molar-refractivity contribution in [1.82, 2.24) is 19.5 Å². The highest BCUT2D eigenvalue weighted by Gasteiger charge is 2.13. The summed E-state index contributed by atoms with van der Waals surface area (Å²) in [4.78, 5) is 86.6. The molecule has 33 heavy (non-hydrogen) atoms. The number of aromatic nitrogens is 4. The molecule has 0 aliphatic heterocycles. The molecule has 0 bridgehead atoms. The Morgan fingerprint density at radius 3 is 1.73 bits per heavy atom. The van der Waals surface area contributed by atoms with Gasteiger partial charge in [0, 0.05) is 25.7 Å². The Morgan fingerprint density at radius 1 is 0.939 bits per heavy atom. The summed E-state index contributed by atoms with van der Waals surface area (Å²) in [6.45, 7) is 0.358. The molecule has 2 rings (SSSR count). The summed E-state index contributed by atoms with van der Waals surface area (Å²) < 4.78 is 28.3. The average molecular weight is 547 g/mol. The lowest BCUT2D eigenvalue weighted by molar-refractivity contribution is 0.171. The minimum atomic E-state index is -4.64. The zero-order valence-corrected chi connectivity index (χ0v) is 19.0. The summed E-state index contributed by atoms with van der Waals surface area (Å²) >= 11 is 0. The van der Waals surface area contributed by atoms with Crippen LogP contribution in [0.15, 0.2) is 11.1 Å². The van der Waals surface area contributed by atoms with Crippen molar-refractivity contribution in [3.8, 4) is 0 Å². The van der Waals surface area contributed by atoms with Gasteiger partial charge >= 0.3 is 23.5 Å². The lowest BCUT2D eigenvalue weighted by Gasteiger charge is -2.13. The smallest absolute Gasteiger partial charge is 0.396 e. The van der Waals surface area contributed by atoms with Gasteiger partial charge in [0.2, 0.25) is 5.95 Å². The summed E-state index contributed by atoms with van der Waals surface area (Å²) in [6.07, 6.45) is 1.95. The maximum Gasteiger partial charge on any atom is 0.466 e. The Labute approximate surface area is 183 Å². The van der Waals surface area contributed by atoms with E-state index >= 15 is 0 Å². The van der Waals surface area contributed by atoms with Crippen molar-refractivity contribution in [2.24, 2.45) is 5.92 Å². The van der Waals surface area contributed by atoms with Crippen LogP contribution < -0.4 is 11.3 Å². The third-order valence-electron chi connectivity index (χ3n) is 2.74. The highest BCUT2D eigenvalue weighted by molar-refractivity contribution is 7.45. The number of rotatable bonds is 5. The Morgan fingerprint density at radius 2 is 1.36 bits per heavy atom. The molecular formula is C10H24N5O15P3. The van der Waals surface area contributed by atoms with Gasteiger partial charge in [-0.1, -0.05) is 0 Å². The molecule has 2 aromatic heterocycles. The monoisotopic (exact) mass is 547 g/mol. The number of nitrogens with zero attached hydrogens (tertiary/aromatic N) is 3. The van der Waals surface area contributed by atoms with Gasteiger partial charge in [-0.15, -0.1) is 0 Å². The zero-order chi connectivity index (χ0) is 26.6. The van der Waals surface area contributed by atoms with E-state index in [9.17, 15) is 9.90 Å². The van der Waals surface area contributed by atoms with Crippen molar-refractivity contribution >= 4 is 40.6 Å². The van der Waals surface area contributed by atoms with Crippen molar-refractivity contribution in [1.29, 1.82) is 0 Å². The largest absolute Gasteiger partial charge is 0.466 e. The predicted octanol–water partition coefficient (Wildman–Crippen LogP) is -4.09. The summed E-state index contributed by atoms with van der Waals surface area (Å²) in [5.74, 6) is -0.0910. The van der Waals surface area contributed by atoms with Crippen LogP contribution in [0.5, 0.6) is 0 Å². The zero-order valence-electron chi connectivity index (χ0n) is 16.3. The van der Waals surface area contributed by atoms with Crippen molar-refractivity contribution in [2.45, 2.75) is 13.0 Å². The standard InChI is InChI=1S/C10H15N5O3.3H3O4P/c11-10-13-8-7(9(18)14-10)12-5-15(8)3-6(4-17)1-2-16;3*1-5(2,3)4/h5-6,16-17H,1-4H2,(H3,11,13,14,18);3*(H3,1,2,3,4). The lowest BCUT2D eigenvalue weighted by Crippen LogP contribution is -2.17. The van der Waals surface area contributed by atoms with Gasteiger partial charge in [0.25, 0.3) is 5.56 Å². The van der Waals surface area contributed by atoms with Gasteiger partial charge in [0.1, 0.15) is 0 Å². The van der Waals surface area contributed by atoms with Gasteiger partial charge in [-0.05, 0) is 6.42 Å². The quantitative estimate of drug-likeness (QED) is 0.158. The van der Waals surface area contributed by atoms with Crippen LogP contribution in [-0.2, 0) is 20.2 Å². The van der Waals surface area contributed by atoms with Gasteiger partial charge in [-0.2, -0.15) is 4.98 Å². The Balaban J connectivity index is 0. The van der Waals surface area contributed by atoms with Crippen LogP contribution in [0.3, 0.4) is 0 Å². The molecule has 2 aromatic rings. The number of H-pyrrole nitrogens is 1. The van der Waals surface area contributed by atoms with E-state index in [2.05, 4.69) is 15.0 Å². The molecule has 14 N–H and O–H groups in total. The topological polar surface area (TPSA) is 363 Å². The number of phosphoric acid groups is 3. The molecule has 1 unspecified atom stereocenters. The SMILES string of the molecule is Nc1nc2c(ncn2CC(CO)CCO)c(=O)[nH]1.O=P(O)(O)O.O=P(O)(O)O.O=P(O)(O)O. The molecule has 2 heterocycles. The van der Waals surface area contributed by atoms with E-state index in [1.54, 1.807) is 4.57 Å². The minimum Gasteiger partial charge on any atom is -0.396 e. The molecule has 0 aromatic carbocycles. The molecule has 0 saturated carbocycles. The predicted molar refractivity (Wildman–Crippen MR) is 108 cm³/mol. The number of aliphatic hydroxyl groups is 2. The fourth-order valence-electron chi connectivity index (χ4n) is 1.81. The van der Waals surface area contributed by atoms with E-state index < -0.39 is 23.5 Å². The van der Waals surface area contributed by atoms with Crippen molar-refractivity contribution in [2.75, 3.05) is 18.9 Å². The van der Waals surface area contributed by atoms with Crippen LogP contribution in [0.25, 0.3) is 11.2 Å². The Bertz CT molecular complexity index is 966. The number of hydrogen-bond donors (Lipinski definition) is 13. The van der Waals surface area contributed by atoms with E-state index in [1.807, 2.05) is 0 Å². The van der Waals surface area contributed by atoms with Crippen LogP contribution in [0.4, 0.5) is 5.95 Å². The maximum absolute atomic E-state index is 11.6.